The molecule has 2 heterocycles. The van der Waals surface area contributed by atoms with Gasteiger partial charge in [-0.1, -0.05) is 13.8 Å². The van der Waals surface area contributed by atoms with Gasteiger partial charge in [0.25, 0.3) is 0 Å². The van der Waals surface area contributed by atoms with E-state index in [0.29, 0.717) is 13.0 Å². The summed E-state index contributed by atoms with van der Waals surface area (Å²) < 4.78 is 0. The van der Waals surface area contributed by atoms with Crippen molar-refractivity contribution in [1.82, 2.24) is 15.1 Å². The molecule has 2 atom stereocenters. The minimum absolute atomic E-state index is 0.00359. The molecule has 2 aliphatic rings. The smallest absolute Gasteiger partial charge is 0.245 e. The van der Waals surface area contributed by atoms with Crippen LogP contribution in [0.5, 0.6) is 0 Å². The molecule has 2 rings (SSSR count). The van der Waals surface area contributed by atoms with Crippen molar-refractivity contribution in [2.24, 2.45) is 5.41 Å². The lowest BCUT2D eigenvalue weighted by molar-refractivity contribution is -0.151. The van der Waals surface area contributed by atoms with E-state index in [2.05, 4.69) is 24.2 Å². The van der Waals surface area contributed by atoms with Crippen LogP contribution in [0, 0.1) is 5.41 Å². The third-order valence-corrected chi connectivity index (χ3v) is 4.82. The Morgan fingerprint density at radius 2 is 1.90 bits per heavy atom. The first kappa shape index (κ1) is 15.3. The van der Waals surface area contributed by atoms with Crippen molar-refractivity contribution >= 4 is 11.8 Å². The maximum Gasteiger partial charge on any atom is 0.245 e. The lowest BCUT2D eigenvalue weighted by Gasteiger charge is -2.45. The molecule has 0 aromatic carbocycles. The number of amides is 2. The Balaban J connectivity index is 2.12. The van der Waals surface area contributed by atoms with E-state index >= 15 is 0 Å². The lowest BCUT2D eigenvalue weighted by Crippen LogP contribution is -2.64. The topological polar surface area (TPSA) is 52.7 Å². The SMILES string of the molecule is CCC1C(=O)NC(C)C(=O)N1CC1(C)CCN(C)CC1. The zero-order valence-corrected chi connectivity index (χ0v) is 13.1. The van der Waals surface area contributed by atoms with Gasteiger partial charge in [0.1, 0.15) is 12.1 Å². The highest BCUT2D eigenvalue weighted by Crippen LogP contribution is 2.33. The first-order valence-corrected chi connectivity index (χ1v) is 7.66. The van der Waals surface area contributed by atoms with Crippen molar-refractivity contribution in [3.63, 3.8) is 0 Å². The molecular formula is C15H27N3O2. The molecule has 20 heavy (non-hydrogen) atoms. The Labute approximate surface area is 121 Å². The molecule has 0 spiro atoms. The summed E-state index contributed by atoms with van der Waals surface area (Å²) in [4.78, 5) is 28.7. The van der Waals surface area contributed by atoms with Crippen LogP contribution < -0.4 is 5.32 Å². The number of likely N-dealkylation sites (tertiary alicyclic amines) is 1. The van der Waals surface area contributed by atoms with Crippen LogP contribution in [-0.2, 0) is 9.59 Å². The highest BCUT2D eigenvalue weighted by molar-refractivity contribution is 5.96. The normalized spacial score (nSPS) is 31.3. The van der Waals surface area contributed by atoms with Crippen LogP contribution in [0.25, 0.3) is 0 Å². The van der Waals surface area contributed by atoms with Gasteiger partial charge in [0, 0.05) is 6.54 Å². The summed E-state index contributed by atoms with van der Waals surface area (Å²) >= 11 is 0. The maximum absolute atomic E-state index is 12.4. The van der Waals surface area contributed by atoms with Crippen LogP contribution in [-0.4, -0.2) is 60.4 Å². The van der Waals surface area contributed by atoms with Crippen molar-refractivity contribution in [2.75, 3.05) is 26.7 Å². The van der Waals surface area contributed by atoms with Gasteiger partial charge >= 0.3 is 0 Å². The second-order valence-electron chi connectivity index (χ2n) is 6.73. The summed E-state index contributed by atoms with van der Waals surface area (Å²) in [7, 11) is 2.13. The van der Waals surface area contributed by atoms with Crippen molar-refractivity contribution in [2.45, 2.75) is 52.1 Å². The Kier molecular flexibility index (Phi) is 4.37. The fourth-order valence-electron chi connectivity index (χ4n) is 3.24. The lowest BCUT2D eigenvalue weighted by atomic mass is 9.79. The summed E-state index contributed by atoms with van der Waals surface area (Å²) in [5, 5.41) is 2.78. The van der Waals surface area contributed by atoms with Crippen LogP contribution >= 0.6 is 0 Å². The number of hydrogen-bond donors (Lipinski definition) is 1. The average Bonchev–Trinajstić information content (AvgIpc) is 2.40. The monoisotopic (exact) mass is 281 g/mol. The fourth-order valence-corrected chi connectivity index (χ4v) is 3.24. The number of piperidine rings is 1. The molecule has 2 aliphatic heterocycles. The summed E-state index contributed by atoms with van der Waals surface area (Å²) in [5.41, 5.74) is 0.132. The zero-order valence-electron chi connectivity index (χ0n) is 13.1. The van der Waals surface area contributed by atoms with E-state index in [4.69, 9.17) is 0 Å². The second kappa shape index (κ2) is 5.72. The summed E-state index contributed by atoms with van der Waals surface area (Å²) in [6.07, 6.45) is 2.85. The molecule has 2 amide bonds. The van der Waals surface area contributed by atoms with Crippen LogP contribution in [0.3, 0.4) is 0 Å². The third-order valence-electron chi connectivity index (χ3n) is 4.82. The van der Waals surface area contributed by atoms with Crippen LogP contribution in [0.15, 0.2) is 0 Å². The van der Waals surface area contributed by atoms with Crippen LogP contribution in [0.4, 0.5) is 0 Å². The Morgan fingerprint density at radius 3 is 2.45 bits per heavy atom. The Bertz CT molecular complexity index is 389. The van der Waals surface area contributed by atoms with Crippen molar-refractivity contribution in [3.05, 3.63) is 0 Å². The zero-order chi connectivity index (χ0) is 14.9. The van der Waals surface area contributed by atoms with Gasteiger partial charge in [0.05, 0.1) is 0 Å². The van der Waals surface area contributed by atoms with E-state index in [-0.39, 0.29) is 29.3 Å². The molecule has 114 valence electrons. The minimum atomic E-state index is -0.389. The molecule has 0 bridgehead atoms. The highest BCUT2D eigenvalue weighted by atomic mass is 16.2. The molecule has 1 N–H and O–H groups in total. The molecule has 0 aromatic rings. The number of nitrogens with one attached hydrogen (secondary N) is 1. The maximum atomic E-state index is 12.4. The molecule has 0 saturated carbocycles. The molecule has 5 heteroatoms. The fraction of sp³-hybridized carbons (Fsp3) is 0.867. The number of carbonyl (C=O) groups is 2. The first-order chi connectivity index (χ1) is 9.36. The van der Waals surface area contributed by atoms with E-state index in [0.717, 1.165) is 25.9 Å². The molecule has 0 aliphatic carbocycles. The van der Waals surface area contributed by atoms with E-state index < -0.39 is 0 Å². The Hall–Kier alpha value is -1.10. The van der Waals surface area contributed by atoms with Crippen molar-refractivity contribution in [1.29, 1.82) is 0 Å². The molecular weight excluding hydrogens is 254 g/mol. The summed E-state index contributed by atoms with van der Waals surface area (Å²) in [5.74, 6) is 0.0627. The van der Waals surface area contributed by atoms with Crippen LogP contribution in [0.1, 0.15) is 40.0 Å². The van der Waals surface area contributed by atoms with Gasteiger partial charge in [0.15, 0.2) is 0 Å². The number of piperazine rings is 1. The molecule has 2 fully saturated rings. The summed E-state index contributed by atoms with van der Waals surface area (Å²) in [6, 6.07) is -0.685. The number of rotatable bonds is 3. The van der Waals surface area contributed by atoms with E-state index in [1.807, 2.05) is 11.8 Å². The second-order valence-corrected chi connectivity index (χ2v) is 6.73. The Morgan fingerprint density at radius 1 is 1.30 bits per heavy atom. The largest absolute Gasteiger partial charge is 0.343 e. The van der Waals surface area contributed by atoms with Crippen LogP contribution in [0.2, 0.25) is 0 Å². The third kappa shape index (κ3) is 2.97. The van der Waals surface area contributed by atoms with Gasteiger partial charge in [-0.05, 0) is 51.7 Å². The van der Waals surface area contributed by atoms with Gasteiger partial charge in [-0.2, -0.15) is 0 Å². The van der Waals surface area contributed by atoms with Gasteiger partial charge in [-0.25, -0.2) is 0 Å². The summed E-state index contributed by atoms with van der Waals surface area (Å²) in [6.45, 7) is 8.83. The standard InChI is InChI=1S/C15H27N3O2/c1-5-12-13(19)16-11(2)14(20)18(12)10-15(3)6-8-17(4)9-7-15/h11-12H,5-10H2,1-4H3,(H,16,19). The number of hydrogen-bond acceptors (Lipinski definition) is 3. The first-order valence-electron chi connectivity index (χ1n) is 7.66. The van der Waals surface area contributed by atoms with E-state index in [1.165, 1.54) is 0 Å². The van der Waals surface area contributed by atoms with Crippen molar-refractivity contribution in [3.8, 4) is 0 Å². The van der Waals surface area contributed by atoms with Gasteiger partial charge in [-0.3, -0.25) is 9.59 Å². The van der Waals surface area contributed by atoms with E-state index in [9.17, 15) is 9.59 Å². The molecule has 2 unspecified atom stereocenters. The van der Waals surface area contributed by atoms with Gasteiger partial charge in [-0.15, -0.1) is 0 Å². The predicted molar refractivity (Wildman–Crippen MR) is 78.2 cm³/mol. The molecule has 2 saturated heterocycles. The number of carbonyl (C=O) groups excluding carboxylic acids is 2. The molecule has 0 aromatic heterocycles. The molecule has 0 radical (unpaired) electrons. The van der Waals surface area contributed by atoms with Crippen molar-refractivity contribution < 1.29 is 9.59 Å². The quantitative estimate of drug-likeness (QED) is 0.834. The average molecular weight is 281 g/mol. The predicted octanol–water partition coefficient (Wildman–Crippen LogP) is 0.844. The minimum Gasteiger partial charge on any atom is -0.343 e. The molecule has 5 nitrogen and oxygen atoms in total. The van der Waals surface area contributed by atoms with Gasteiger partial charge in [0.2, 0.25) is 11.8 Å². The number of nitrogens with zero attached hydrogens (tertiary/aromatic N) is 2. The van der Waals surface area contributed by atoms with Gasteiger partial charge < -0.3 is 15.1 Å². The highest BCUT2D eigenvalue weighted by Gasteiger charge is 2.41. The van der Waals surface area contributed by atoms with E-state index in [1.54, 1.807) is 6.92 Å².